The molecule has 0 saturated heterocycles. The summed E-state index contributed by atoms with van der Waals surface area (Å²) >= 11 is 0. The van der Waals surface area contributed by atoms with E-state index in [4.69, 9.17) is 0 Å². The number of amides is 1. The highest BCUT2D eigenvalue weighted by atomic mass is 16.3. The monoisotopic (exact) mass is 317 g/mol. The molecule has 2 aromatic rings. The Balaban J connectivity index is 1.97. The zero-order valence-electron chi connectivity index (χ0n) is 13.7. The lowest BCUT2D eigenvalue weighted by Crippen LogP contribution is -2.40. The van der Waals surface area contributed by atoms with Crippen LogP contribution in [0.15, 0.2) is 30.6 Å². The average molecular weight is 317 g/mol. The number of carbonyl (C=O) groups excluding carboxylic acids is 1. The van der Waals surface area contributed by atoms with Crippen LogP contribution in [0.1, 0.15) is 44.0 Å². The van der Waals surface area contributed by atoms with E-state index in [0.717, 1.165) is 6.42 Å². The lowest BCUT2D eigenvalue weighted by molar-refractivity contribution is 0.0429. The Labute approximate surface area is 135 Å². The van der Waals surface area contributed by atoms with Gasteiger partial charge in [-0.05, 0) is 54.3 Å². The Morgan fingerprint density at radius 2 is 2.22 bits per heavy atom. The van der Waals surface area contributed by atoms with Gasteiger partial charge in [-0.1, -0.05) is 19.9 Å². The van der Waals surface area contributed by atoms with Crippen LogP contribution in [-0.4, -0.2) is 43.4 Å². The number of nitrogens with one attached hydrogen (secondary N) is 1. The highest BCUT2D eigenvalue weighted by Crippen LogP contribution is 2.16. The van der Waals surface area contributed by atoms with E-state index in [1.807, 2.05) is 6.07 Å². The minimum Gasteiger partial charge on any atom is -0.388 e. The standard InChI is InChI=1S/C16H23N5O2/c1-12(2)7-8-16(3,23)10-17-15(22)13-5-4-6-14(9-13)21-11-18-19-20-21/h4-6,9,11-12,23H,7-8,10H2,1-3H3,(H,17,22). The molecule has 1 aromatic carbocycles. The van der Waals surface area contributed by atoms with Crippen molar-refractivity contribution in [3.05, 3.63) is 36.2 Å². The van der Waals surface area contributed by atoms with Crippen LogP contribution >= 0.6 is 0 Å². The molecule has 124 valence electrons. The maximum atomic E-state index is 12.3. The Bertz CT molecular complexity index is 638. The smallest absolute Gasteiger partial charge is 0.251 e. The summed E-state index contributed by atoms with van der Waals surface area (Å²) in [6.07, 6.45) is 3.03. The summed E-state index contributed by atoms with van der Waals surface area (Å²) in [6, 6.07) is 7.00. The number of carbonyl (C=O) groups is 1. The third kappa shape index (κ3) is 5.14. The third-order valence-electron chi connectivity index (χ3n) is 3.61. The Hall–Kier alpha value is -2.28. The third-order valence-corrected chi connectivity index (χ3v) is 3.61. The molecule has 7 nitrogen and oxygen atoms in total. The molecule has 1 unspecified atom stereocenters. The molecule has 0 bridgehead atoms. The minimum atomic E-state index is -0.909. The number of aliphatic hydroxyl groups is 1. The first kappa shape index (κ1) is 17.1. The van der Waals surface area contributed by atoms with Crippen LogP contribution < -0.4 is 5.32 Å². The average Bonchev–Trinajstić information content (AvgIpc) is 3.05. The van der Waals surface area contributed by atoms with Gasteiger partial charge in [0.25, 0.3) is 5.91 Å². The SMILES string of the molecule is CC(C)CCC(C)(O)CNC(=O)c1cccc(-n2cnnn2)c1. The molecule has 0 spiro atoms. The molecule has 2 N–H and O–H groups in total. The van der Waals surface area contributed by atoms with Crippen molar-refractivity contribution in [1.29, 1.82) is 0 Å². The van der Waals surface area contributed by atoms with Gasteiger partial charge >= 0.3 is 0 Å². The zero-order chi connectivity index (χ0) is 16.9. The van der Waals surface area contributed by atoms with Crippen LogP contribution in [0.3, 0.4) is 0 Å². The number of rotatable bonds is 7. The number of tetrazole rings is 1. The van der Waals surface area contributed by atoms with Gasteiger partial charge in [-0.25, -0.2) is 4.68 Å². The predicted molar refractivity (Wildman–Crippen MR) is 86.2 cm³/mol. The van der Waals surface area contributed by atoms with Gasteiger partial charge in [0.2, 0.25) is 0 Å². The van der Waals surface area contributed by atoms with Crippen LogP contribution in [0.25, 0.3) is 5.69 Å². The van der Waals surface area contributed by atoms with Crippen molar-refractivity contribution < 1.29 is 9.90 Å². The number of aromatic nitrogens is 4. The topological polar surface area (TPSA) is 92.9 Å². The van der Waals surface area contributed by atoms with E-state index in [-0.39, 0.29) is 12.5 Å². The molecule has 23 heavy (non-hydrogen) atoms. The van der Waals surface area contributed by atoms with Gasteiger partial charge in [-0.3, -0.25) is 4.79 Å². The first-order chi connectivity index (χ1) is 10.9. The second-order valence-corrected chi connectivity index (χ2v) is 6.42. The molecular formula is C16H23N5O2. The summed E-state index contributed by atoms with van der Waals surface area (Å²) in [7, 11) is 0. The summed E-state index contributed by atoms with van der Waals surface area (Å²) in [4.78, 5) is 12.3. The molecule has 0 aliphatic rings. The molecule has 1 aromatic heterocycles. The van der Waals surface area contributed by atoms with E-state index in [1.54, 1.807) is 25.1 Å². The number of benzene rings is 1. The van der Waals surface area contributed by atoms with Crippen molar-refractivity contribution in [2.45, 2.75) is 39.2 Å². The molecule has 1 atom stereocenters. The lowest BCUT2D eigenvalue weighted by Gasteiger charge is -2.24. The van der Waals surface area contributed by atoms with Crippen molar-refractivity contribution in [1.82, 2.24) is 25.5 Å². The number of hydrogen-bond acceptors (Lipinski definition) is 5. The molecule has 0 aliphatic carbocycles. The molecular weight excluding hydrogens is 294 g/mol. The zero-order valence-corrected chi connectivity index (χ0v) is 13.7. The van der Waals surface area contributed by atoms with Gasteiger partial charge in [0.05, 0.1) is 11.3 Å². The van der Waals surface area contributed by atoms with Crippen molar-refractivity contribution >= 4 is 5.91 Å². The maximum Gasteiger partial charge on any atom is 0.251 e. The van der Waals surface area contributed by atoms with Crippen LogP contribution in [0.5, 0.6) is 0 Å². The lowest BCUT2D eigenvalue weighted by atomic mass is 9.95. The Morgan fingerprint density at radius 1 is 1.43 bits per heavy atom. The van der Waals surface area contributed by atoms with Gasteiger partial charge in [-0.15, -0.1) is 5.10 Å². The first-order valence-electron chi connectivity index (χ1n) is 7.71. The molecule has 0 fully saturated rings. The molecule has 0 saturated carbocycles. The fraction of sp³-hybridized carbons (Fsp3) is 0.500. The predicted octanol–water partition coefficient (Wildman–Crippen LogP) is 1.58. The van der Waals surface area contributed by atoms with E-state index < -0.39 is 5.60 Å². The summed E-state index contributed by atoms with van der Waals surface area (Å²) in [6.45, 7) is 6.18. The Kier molecular flexibility index (Phi) is 5.44. The van der Waals surface area contributed by atoms with E-state index in [9.17, 15) is 9.90 Å². The molecule has 0 aliphatic heterocycles. The highest BCUT2D eigenvalue weighted by molar-refractivity contribution is 5.94. The van der Waals surface area contributed by atoms with Crippen molar-refractivity contribution in [2.24, 2.45) is 5.92 Å². The van der Waals surface area contributed by atoms with E-state index in [0.29, 0.717) is 23.6 Å². The van der Waals surface area contributed by atoms with Crippen molar-refractivity contribution in [2.75, 3.05) is 6.54 Å². The second-order valence-electron chi connectivity index (χ2n) is 6.42. The molecule has 2 rings (SSSR count). The van der Waals surface area contributed by atoms with Crippen molar-refractivity contribution in [3.63, 3.8) is 0 Å². The quantitative estimate of drug-likeness (QED) is 0.809. The molecule has 1 amide bonds. The van der Waals surface area contributed by atoms with Crippen LogP contribution in [-0.2, 0) is 0 Å². The van der Waals surface area contributed by atoms with E-state index in [2.05, 4.69) is 34.7 Å². The fourth-order valence-electron chi connectivity index (χ4n) is 2.13. The molecule has 7 heteroatoms. The summed E-state index contributed by atoms with van der Waals surface area (Å²) in [5.74, 6) is 0.287. The molecule has 0 radical (unpaired) electrons. The fourth-order valence-corrected chi connectivity index (χ4v) is 2.13. The minimum absolute atomic E-state index is 0.216. The maximum absolute atomic E-state index is 12.3. The van der Waals surface area contributed by atoms with Gasteiger partial charge in [0, 0.05) is 12.1 Å². The normalized spacial score (nSPS) is 13.8. The summed E-state index contributed by atoms with van der Waals surface area (Å²) in [5.41, 5.74) is 0.291. The Morgan fingerprint density at radius 3 is 2.87 bits per heavy atom. The van der Waals surface area contributed by atoms with Crippen LogP contribution in [0.4, 0.5) is 0 Å². The largest absolute Gasteiger partial charge is 0.388 e. The van der Waals surface area contributed by atoms with E-state index in [1.165, 1.54) is 11.0 Å². The number of nitrogens with zero attached hydrogens (tertiary/aromatic N) is 4. The van der Waals surface area contributed by atoms with Gasteiger partial charge in [0.15, 0.2) is 0 Å². The highest BCUT2D eigenvalue weighted by Gasteiger charge is 2.21. The molecule has 1 heterocycles. The summed E-state index contributed by atoms with van der Waals surface area (Å²) < 4.78 is 1.48. The van der Waals surface area contributed by atoms with Gasteiger partial charge in [-0.2, -0.15) is 0 Å². The van der Waals surface area contributed by atoms with Gasteiger partial charge in [0.1, 0.15) is 6.33 Å². The second kappa shape index (κ2) is 7.32. The number of hydrogen-bond donors (Lipinski definition) is 2. The van der Waals surface area contributed by atoms with Crippen molar-refractivity contribution in [3.8, 4) is 5.69 Å². The van der Waals surface area contributed by atoms with E-state index >= 15 is 0 Å². The first-order valence-corrected chi connectivity index (χ1v) is 7.71. The summed E-state index contributed by atoms with van der Waals surface area (Å²) in [5, 5.41) is 24.1. The van der Waals surface area contributed by atoms with Crippen LogP contribution in [0.2, 0.25) is 0 Å². The van der Waals surface area contributed by atoms with Gasteiger partial charge < -0.3 is 10.4 Å². The van der Waals surface area contributed by atoms with Crippen LogP contribution in [0, 0.1) is 5.92 Å².